The summed E-state index contributed by atoms with van der Waals surface area (Å²) >= 11 is 4.28. The molecule has 0 aliphatic heterocycles. The van der Waals surface area contributed by atoms with Crippen LogP contribution in [-0.2, 0) is 10.0 Å². The smallest absolute Gasteiger partial charge is 0.271 e. The molecule has 0 bridgehead atoms. The van der Waals surface area contributed by atoms with Crippen LogP contribution in [0.2, 0.25) is 0 Å². The average molecular weight is 364 g/mol. The minimum Gasteiger partial charge on any atom is -0.506 e. The second kappa shape index (κ2) is 5.40. The number of phenols is 1. The van der Waals surface area contributed by atoms with Gasteiger partial charge in [0.15, 0.2) is 0 Å². The van der Waals surface area contributed by atoms with Crippen LogP contribution in [0.1, 0.15) is 0 Å². The van der Waals surface area contributed by atoms with E-state index in [1.54, 1.807) is 18.2 Å². The van der Waals surface area contributed by atoms with Crippen molar-refractivity contribution in [2.24, 2.45) is 0 Å². The van der Waals surface area contributed by atoms with Crippen LogP contribution < -0.4 is 9.46 Å². The van der Waals surface area contributed by atoms with Crippen molar-refractivity contribution in [3.8, 4) is 11.5 Å². The number of aromatic hydroxyl groups is 1. The van der Waals surface area contributed by atoms with Gasteiger partial charge >= 0.3 is 0 Å². The molecule has 19 heavy (non-hydrogen) atoms. The summed E-state index contributed by atoms with van der Waals surface area (Å²) < 4.78 is 32.5. The standard InChI is InChI=1S/C11H10BrNO4S2/c1-17-8-4-2-3-7(14)11(8)13-19(15,16)10-6-5-9(12)18-10/h2-6,13-14H,1H3. The number of halogens is 1. The fraction of sp³-hybridized carbons (Fsp3) is 0.0909. The molecule has 0 atom stereocenters. The number of benzene rings is 1. The highest BCUT2D eigenvalue weighted by Crippen LogP contribution is 2.36. The third-order valence-corrected chi connectivity index (χ3v) is 5.74. The number of hydrogen-bond acceptors (Lipinski definition) is 5. The molecule has 0 saturated heterocycles. The number of para-hydroxylation sites is 1. The van der Waals surface area contributed by atoms with E-state index in [-0.39, 0.29) is 21.4 Å². The van der Waals surface area contributed by atoms with Gasteiger partial charge in [0, 0.05) is 0 Å². The molecule has 5 nitrogen and oxygen atoms in total. The highest BCUT2D eigenvalue weighted by Gasteiger charge is 2.20. The van der Waals surface area contributed by atoms with E-state index < -0.39 is 10.0 Å². The van der Waals surface area contributed by atoms with Crippen molar-refractivity contribution >= 4 is 43.0 Å². The van der Waals surface area contributed by atoms with Gasteiger partial charge in [-0.15, -0.1) is 11.3 Å². The molecule has 0 amide bonds. The van der Waals surface area contributed by atoms with Crippen molar-refractivity contribution in [2.45, 2.75) is 4.21 Å². The molecule has 0 aliphatic rings. The van der Waals surface area contributed by atoms with E-state index in [1.807, 2.05) is 0 Å². The molecule has 0 saturated carbocycles. The number of hydrogen-bond donors (Lipinski definition) is 2. The van der Waals surface area contributed by atoms with Crippen molar-refractivity contribution in [1.82, 2.24) is 0 Å². The topological polar surface area (TPSA) is 75.6 Å². The second-order valence-corrected chi connectivity index (χ2v) is 7.89. The lowest BCUT2D eigenvalue weighted by Crippen LogP contribution is -2.12. The third-order valence-electron chi connectivity index (χ3n) is 2.27. The summed E-state index contributed by atoms with van der Waals surface area (Å²) in [6.07, 6.45) is 0. The lowest BCUT2D eigenvalue weighted by Gasteiger charge is -2.12. The quantitative estimate of drug-likeness (QED) is 0.818. The Morgan fingerprint density at radius 2 is 2.05 bits per heavy atom. The number of nitrogens with one attached hydrogen (secondary N) is 1. The summed E-state index contributed by atoms with van der Waals surface area (Å²) in [5.74, 6) is 0.0535. The van der Waals surface area contributed by atoms with Crippen LogP contribution >= 0.6 is 27.3 Å². The fourth-order valence-electron chi connectivity index (χ4n) is 1.42. The Morgan fingerprint density at radius 1 is 1.32 bits per heavy atom. The number of thiophene rings is 1. The van der Waals surface area contributed by atoms with Crippen molar-refractivity contribution in [3.05, 3.63) is 34.1 Å². The summed E-state index contributed by atoms with van der Waals surface area (Å²) in [6.45, 7) is 0. The molecule has 0 radical (unpaired) electrons. The van der Waals surface area contributed by atoms with Gasteiger partial charge in [0.2, 0.25) is 0 Å². The van der Waals surface area contributed by atoms with Crippen LogP contribution in [0, 0.1) is 0 Å². The van der Waals surface area contributed by atoms with Crippen molar-refractivity contribution < 1.29 is 18.3 Å². The number of sulfonamides is 1. The van der Waals surface area contributed by atoms with Gasteiger partial charge in [0.25, 0.3) is 10.0 Å². The van der Waals surface area contributed by atoms with Crippen LogP contribution in [-0.4, -0.2) is 20.6 Å². The Balaban J connectivity index is 2.41. The summed E-state index contributed by atoms with van der Waals surface area (Å²) in [5, 5.41) is 9.73. The first kappa shape index (κ1) is 14.2. The first-order chi connectivity index (χ1) is 8.94. The average Bonchev–Trinajstić information content (AvgIpc) is 2.79. The lowest BCUT2D eigenvalue weighted by molar-refractivity contribution is 0.411. The minimum atomic E-state index is -3.75. The first-order valence-electron chi connectivity index (χ1n) is 5.08. The van der Waals surface area contributed by atoms with Gasteiger partial charge in [-0.1, -0.05) is 6.07 Å². The minimum absolute atomic E-state index is 0.0227. The Labute approximate surface area is 123 Å². The first-order valence-corrected chi connectivity index (χ1v) is 8.17. The number of ether oxygens (including phenoxy) is 1. The molecule has 102 valence electrons. The zero-order chi connectivity index (χ0) is 14.0. The summed E-state index contributed by atoms with van der Waals surface area (Å²) in [6, 6.07) is 7.62. The molecular formula is C11H10BrNO4S2. The Kier molecular flexibility index (Phi) is 4.02. The normalized spacial score (nSPS) is 11.3. The molecule has 0 aliphatic carbocycles. The van der Waals surface area contributed by atoms with Crippen molar-refractivity contribution in [2.75, 3.05) is 11.8 Å². The molecule has 2 aromatic rings. The maximum atomic E-state index is 12.1. The number of anilines is 1. The molecule has 1 aromatic carbocycles. The Bertz CT molecular complexity index is 696. The van der Waals surface area contributed by atoms with E-state index in [9.17, 15) is 13.5 Å². The zero-order valence-electron chi connectivity index (χ0n) is 9.75. The molecule has 0 unspecified atom stereocenters. The lowest BCUT2D eigenvalue weighted by atomic mass is 10.3. The van der Waals surface area contributed by atoms with Crippen LogP contribution in [0.25, 0.3) is 0 Å². The van der Waals surface area contributed by atoms with Gasteiger partial charge in [-0.2, -0.15) is 0 Å². The molecule has 0 fully saturated rings. The monoisotopic (exact) mass is 363 g/mol. The van der Waals surface area contributed by atoms with Gasteiger partial charge in [-0.05, 0) is 40.2 Å². The summed E-state index contributed by atoms with van der Waals surface area (Å²) in [7, 11) is -2.35. The summed E-state index contributed by atoms with van der Waals surface area (Å²) in [4.78, 5) is 0. The van der Waals surface area contributed by atoms with E-state index in [1.165, 1.54) is 19.2 Å². The molecule has 0 spiro atoms. The van der Waals surface area contributed by atoms with Gasteiger partial charge in [-0.25, -0.2) is 8.42 Å². The summed E-state index contributed by atoms with van der Waals surface area (Å²) in [5.41, 5.74) is 0.0227. The third kappa shape index (κ3) is 3.02. The molecule has 2 rings (SSSR count). The fourth-order valence-corrected chi connectivity index (χ4v) is 4.51. The maximum absolute atomic E-state index is 12.1. The Hall–Kier alpha value is -1.25. The van der Waals surface area contributed by atoms with Crippen LogP contribution in [0.5, 0.6) is 11.5 Å². The van der Waals surface area contributed by atoms with Gasteiger partial charge in [0.1, 0.15) is 21.4 Å². The van der Waals surface area contributed by atoms with E-state index in [0.29, 0.717) is 3.79 Å². The van der Waals surface area contributed by atoms with E-state index in [4.69, 9.17) is 4.74 Å². The SMILES string of the molecule is COc1cccc(O)c1NS(=O)(=O)c1ccc(Br)s1. The number of methoxy groups -OCH3 is 1. The zero-order valence-corrected chi connectivity index (χ0v) is 13.0. The second-order valence-electron chi connectivity index (χ2n) is 3.52. The molecule has 1 aromatic heterocycles. The molecule has 1 heterocycles. The predicted molar refractivity (Wildman–Crippen MR) is 77.5 cm³/mol. The van der Waals surface area contributed by atoms with Gasteiger partial charge in [-0.3, -0.25) is 4.72 Å². The number of phenolic OH excluding ortho intramolecular Hbond substituents is 1. The Morgan fingerprint density at radius 3 is 2.63 bits per heavy atom. The van der Waals surface area contributed by atoms with E-state index in [2.05, 4.69) is 20.7 Å². The van der Waals surface area contributed by atoms with Crippen LogP contribution in [0.15, 0.2) is 38.3 Å². The number of rotatable bonds is 4. The maximum Gasteiger partial charge on any atom is 0.271 e. The highest BCUT2D eigenvalue weighted by molar-refractivity contribution is 9.11. The van der Waals surface area contributed by atoms with Crippen molar-refractivity contribution in [1.29, 1.82) is 0 Å². The molecule has 8 heteroatoms. The van der Waals surface area contributed by atoms with E-state index in [0.717, 1.165) is 11.3 Å². The largest absolute Gasteiger partial charge is 0.506 e. The highest BCUT2D eigenvalue weighted by atomic mass is 79.9. The predicted octanol–water partition coefficient (Wildman–Crippen LogP) is 3.03. The van der Waals surface area contributed by atoms with Crippen molar-refractivity contribution in [3.63, 3.8) is 0 Å². The van der Waals surface area contributed by atoms with Crippen LogP contribution in [0.4, 0.5) is 5.69 Å². The molecular weight excluding hydrogens is 354 g/mol. The molecule has 2 N–H and O–H groups in total. The van der Waals surface area contributed by atoms with Crippen LogP contribution in [0.3, 0.4) is 0 Å². The van der Waals surface area contributed by atoms with Gasteiger partial charge in [0.05, 0.1) is 10.9 Å². The van der Waals surface area contributed by atoms with E-state index >= 15 is 0 Å². The van der Waals surface area contributed by atoms with Gasteiger partial charge < -0.3 is 9.84 Å².